The highest BCUT2D eigenvalue weighted by atomic mass is 16.5. The van der Waals surface area contributed by atoms with Gasteiger partial charge in [0.05, 0.1) is 6.54 Å². The van der Waals surface area contributed by atoms with Crippen molar-refractivity contribution in [2.45, 2.75) is 52.0 Å². The molecule has 21 heavy (non-hydrogen) atoms. The lowest BCUT2D eigenvalue weighted by atomic mass is 9.96. The van der Waals surface area contributed by atoms with Crippen molar-refractivity contribution >= 4 is 5.91 Å². The molecule has 7 nitrogen and oxygen atoms in total. The normalized spacial score (nSPS) is 11.6. The van der Waals surface area contributed by atoms with Gasteiger partial charge in [-0.3, -0.25) is 4.79 Å². The lowest BCUT2D eigenvalue weighted by Gasteiger charge is -2.10. The Labute approximate surface area is 123 Å². The minimum atomic E-state index is -0.128. The van der Waals surface area contributed by atoms with Crippen LogP contribution in [0.1, 0.15) is 51.0 Å². The molecule has 0 saturated carbocycles. The standard InChI is InChI=1S/C14H20N4O3/c1-14(2,3)13-16-12(21-18-13)6-4-5-11(19)15-9-10-7-8-20-17-10/h7-8H,4-6,9H2,1-3H3,(H,15,19). The fourth-order valence-electron chi connectivity index (χ4n) is 1.67. The van der Waals surface area contributed by atoms with Crippen molar-refractivity contribution in [1.82, 2.24) is 20.6 Å². The number of carbonyl (C=O) groups is 1. The van der Waals surface area contributed by atoms with Crippen molar-refractivity contribution in [3.8, 4) is 0 Å². The maximum Gasteiger partial charge on any atom is 0.226 e. The molecular weight excluding hydrogens is 272 g/mol. The number of hydrogen-bond acceptors (Lipinski definition) is 6. The van der Waals surface area contributed by atoms with Crippen LogP contribution < -0.4 is 5.32 Å². The molecule has 0 bridgehead atoms. The average molecular weight is 292 g/mol. The predicted octanol–water partition coefficient (Wildman–Crippen LogP) is 1.99. The summed E-state index contributed by atoms with van der Waals surface area (Å²) in [6, 6.07) is 1.72. The van der Waals surface area contributed by atoms with Crippen LogP contribution in [0.5, 0.6) is 0 Å². The maximum atomic E-state index is 11.7. The van der Waals surface area contributed by atoms with Gasteiger partial charge >= 0.3 is 0 Å². The Hall–Kier alpha value is -2.18. The summed E-state index contributed by atoms with van der Waals surface area (Å²) < 4.78 is 9.86. The smallest absolute Gasteiger partial charge is 0.226 e. The van der Waals surface area contributed by atoms with E-state index in [1.165, 1.54) is 6.26 Å². The molecule has 2 heterocycles. The SMILES string of the molecule is CC(C)(C)c1noc(CCCC(=O)NCc2ccon2)n1. The van der Waals surface area contributed by atoms with Gasteiger partial charge in [0.25, 0.3) is 0 Å². The molecule has 1 N–H and O–H groups in total. The number of carbonyl (C=O) groups excluding carboxylic acids is 1. The van der Waals surface area contributed by atoms with E-state index in [9.17, 15) is 4.79 Å². The van der Waals surface area contributed by atoms with E-state index in [0.717, 1.165) is 0 Å². The van der Waals surface area contributed by atoms with Gasteiger partial charge in [-0.15, -0.1) is 0 Å². The van der Waals surface area contributed by atoms with Crippen LogP contribution in [0.4, 0.5) is 0 Å². The maximum absolute atomic E-state index is 11.7. The molecule has 2 aromatic heterocycles. The molecular formula is C14H20N4O3. The molecule has 0 aliphatic heterocycles. The molecule has 0 aromatic carbocycles. The first-order chi connectivity index (χ1) is 9.95. The molecule has 2 rings (SSSR count). The fourth-order valence-corrected chi connectivity index (χ4v) is 1.67. The van der Waals surface area contributed by atoms with E-state index in [1.807, 2.05) is 20.8 Å². The van der Waals surface area contributed by atoms with Crippen molar-refractivity contribution in [3.63, 3.8) is 0 Å². The molecule has 0 aliphatic carbocycles. The van der Waals surface area contributed by atoms with E-state index >= 15 is 0 Å². The van der Waals surface area contributed by atoms with E-state index in [4.69, 9.17) is 4.52 Å². The van der Waals surface area contributed by atoms with Crippen LogP contribution in [0.15, 0.2) is 21.4 Å². The van der Waals surface area contributed by atoms with Gasteiger partial charge in [-0.2, -0.15) is 4.98 Å². The van der Waals surface area contributed by atoms with Gasteiger partial charge in [-0.05, 0) is 6.42 Å². The number of nitrogens with one attached hydrogen (secondary N) is 1. The Kier molecular flexibility index (Phi) is 4.72. The second-order valence-corrected chi connectivity index (χ2v) is 5.88. The molecule has 0 spiro atoms. The number of hydrogen-bond donors (Lipinski definition) is 1. The lowest BCUT2D eigenvalue weighted by molar-refractivity contribution is -0.121. The Morgan fingerprint density at radius 3 is 2.76 bits per heavy atom. The average Bonchev–Trinajstić information content (AvgIpc) is 3.07. The van der Waals surface area contributed by atoms with Gasteiger partial charge in [-0.1, -0.05) is 31.1 Å². The van der Waals surface area contributed by atoms with Crippen molar-refractivity contribution in [3.05, 3.63) is 29.7 Å². The third kappa shape index (κ3) is 4.70. The highest BCUT2D eigenvalue weighted by Gasteiger charge is 2.20. The molecule has 7 heteroatoms. The molecule has 0 saturated heterocycles. The van der Waals surface area contributed by atoms with Crippen LogP contribution in [0, 0.1) is 0 Å². The van der Waals surface area contributed by atoms with Gasteiger partial charge in [0.1, 0.15) is 12.0 Å². The molecule has 0 atom stereocenters. The molecule has 0 fully saturated rings. The van der Waals surface area contributed by atoms with Crippen LogP contribution in [0.2, 0.25) is 0 Å². The summed E-state index contributed by atoms with van der Waals surface area (Å²) in [5.41, 5.74) is 0.576. The molecule has 0 unspecified atom stereocenters. The zero-order valence-corrected chi connectivity index (χ0v) is 12.5. The molecule has 0 aliphatic rings. The van der Waals surface area contributed by atoms with Gasteiger partial charge in [0.2, 0.25) is 11.8 Å². The van der Waals surface area contributed by atoms with Crippen molar-refractivity contribution in [2.75, 3.05) is 0 Å². The summed E-state index contributed by atoms with van der Waals surface area (Å²) in [6.07, 6.45) is 3.14. The van der Waals surface area contributed by atoms with Crippen LogP contribution in [0.3, 0.4) is 0 Å². The molecule has 1 amide bonds. The zero-order valence-electron chi connectivity index (χ0n) is 12.5. The molecule has 2 aromatic rings. The molecule has 0 radical (unpaired) electrons. The van der Waals surface area contributed by atoms with Gasteiger partial charge in [-0.25, -0.2) is 0 Å². The second-order valence-electron chi connectivity index (χ2n) is 5.88. The van der Waals surface area contributed by atoms with Crippen LogP contribution >= 0.6 is 0 Å². The van der Waals surface area contributed by atoms with Crippen molar-refractivity contribution in [1.29, 1.82) is 0 Å². The number of aryl methyl sites for hydroxylation is 1. The summed E-state index contributed by atoms with van der Waals surface area (Å²) >= 11 is 0. The Morgan fingerprint density at radius 2 is 2.14 bits per heavy atom. The first kappa shape index (κ1) is 15.2. The minimum Gasteiger partial charge on any atom is -0.364 e. The van der Waals surface area contributed by atoms with Crippen LogP contribution in [-0.2, 0) is 23.2 Å². The monoisotopic (exact) mass is 292 g/mol. The summed E-state index contributed by atoms with van der Waals surface area (Å²) in [5.74, 6) is 1.23. The lowest BCUT2D eigenvalue weighted by Crippen LogP contribution is -2.22. The van der Waals surface area contributed by atoms with Gasteiger partial charge < -0.3 is 14.4 Å². The second kappa shape index (κ2) is 6.51. The minimum absolute atomic E-state index is 0.0337. The Balaban J connectivity index is 1.69. The summed E-state index contributed by atoms with van der Waals surface area (Å²) in [4.78, 5) is 16.0. The number of nitrogens with zero attached hydrogens (tertiary/aromatic N) is 3. The zero-order chi connectivity index (χ0) is 15.3. The summed E-state index contributed by atoms with van der Waals surface area (Å²) in [5, 5.41) is 10.4. The molecule has 114 valence electrons. The van der Waals surface area contributed by atoms with Gasteiger partial charge in [0.15, 0.2) is 5.82 Å². The van der Waals surface area contributed by atoms with Gasteiger partial charge in [0, 0.05) is 24.3 Å². The fraction of sp³-hybridized carbons (Fsp3) is 0.571. The van der Waals surface area contributed by atoms with Crippen molar-refractivity contribution in [2.24, 2.45) is 0 Å². The largest absolute Gasteiger partial charge is 0.364 e. The predicted molar refractivity (Wildman–Crippen MR) is 74.3 cm³/mol. The Morgan fingerprint density at radius 1 is 1.33 bits per heavy atom. The third-order valence-corrected chi connectivity index (χ3v) is 2.89. The third-order valence-electron chi connectivity index (χ3n) is 2.89. The highest BCUT2D eigenvalue weighted by molar-refractivity contribution is 5.75. The first-order valence-electron chi connectivity index (χ1n) is 6.94. The number of rotatable bonds is 6. The summed E-state index contributed by atoms with van der Waals surface area (Å²) in [6.45, 7) is 6.46. The van der Waals surface area contributed by atoms with E-state index in [-0.39, 0.29) is 11.3 Å². The topological polar surface area (TPSA) is 94.1 Å². The van der Waals surface area contributed by atoms with Crippen LogP contribution in [-0.4, -0.2) is 21.2 Å². The number of amides is 1. The first-order valence-corrected chi connectivity index (χ1v) is 6.94. The van der Waals surface area contributed by atoms with E-state index in [1.54, 1.807) is 6.07 Å². The van der Waals surface area contributed by atoms with Crippen molar-refractivity contribution < 1.29 is 13.8 Å². The quantitative estimate of drug-likeness (QED) is 0.875. The highest BCUT2D eigenvalue weighted by Crippen LogP contribution is 2.18. The van der Waals surface area contributed by atoms with E-state index in [2.05, 4.69) is 25.1 Å². The number of aromatic nitrogens is 3. The van der Waals surface area contributed by atoms with Crippen LogP contribution in [0.25, 0.3) is 0 Å². The van der Waals surface area contributed by atoms with E-state index < -0.39 is 0 Å². The Bertz CT molecular complexity index is 569. The van der Waals surface area contributed by atoms with E-state index in [0.29, 0.717) is 43.2 Å². The summed E-state index contributed by atoms with van der Waals surface area (Å²) in [7, 11) is 0.